The number of nitrogens with two attached hydrogens (primary N) is 1. The third-order valence-corrected chi connectivity index (χ3v) is 3.25. The largest absolute Gasteiger partial charge is 0.497 e. The van der Waals surface area contributed by atoms with Gasteiger partial charge in [0.2, 0.25) is 0 Å². The predicted molar refractivity (Wildman–Crippen MR) is 91.6 cm³/mol. The minimum atomic E-state index is -0.547. The molecule has 0 atom stereocenters. The minimum Gasteiger partial charge on any atom is -0.497 e. The van der Waals surface area contributed by atoms with Crippen LogP contribution in [0.2, 0.25) is 0 Å². The molecule has 0 fully saturated rings. The molecular formula is C16H18N4O4. The standard InChI is InChI=1S/C16H18N4O4/c1-24-13-4-2-3-11(9-13)19-16(21)14-10-12(20(22)23)5-6-15(14)18-8-7-17/h2-6,9-10,18H,7-8,17H2,1H3,(H,19,21). The van der Waals surface area contributed by atoms with Crippen LogP contribution in [0.1, 0.15) is 10.4 Å². The molecule has 0 saturated carbocycles. The fourth-order valence-electron chi connectivity index (χ4n) is 2.09. The van der Waals surface area contributed by atoms with Crippen molar-refractivity contribution < 1.29 is 14.5 Å². The molecule has 0 aliphatic heterocycles. The first kappa shape index (κ1) is 17.2. The number of nitrogens with one attached hydrogen (secondary N) is 2. The Morgan fingerprint density at radius 3 is 2.75 bits per heavy atom. The number of hydrogen-bond acceptors (Lipinski definition) is 6. The molecule has 0 spiro atoms. The van der Waals surface area contributed by atoms with Crippen LogP contribution < -0.4 is 21.1 Å². The Kier molecular flexibility index (Phi) is 5.69. The maximum atomic E-state index is 12.5. The second-order valence-corrected chi connectivity index (χ2v) is 4.89. The molecule has 126 valence electrons. The van der Waals surface area contributed by atoms with Gasteiger partial charge in [-0.1, -0.05) is 6.07 Å². The highest BCUT2D eigenvalue weighted by Gasteiger charge is 2.17. The highest BCUT2D eigenvalue weighted by Crippen LogP contribution is 2.24. The first-order valence-corrected chi connectivity index (χ1v) is 7.23. The Balaban J connectivity index is 2.30. The molecule has 0 aliphatic rings. The third-order valence-electron chi connectivity index (χ3n) is 3.25. The number of nitro benzene ring substituents is 1. The molecule has 0 aliphatic carbocycles. The number of non-ortho nitro benzene ring substituents is 1. The first-order valence-electron chi connectivity index (χ1n) is 7.23. The molecule has 24 heavy (non-hydrogen) atoms. The van der Waals surface area contributed by atoms with Crippen molar-refractivity contribution in [1.82, 2.24) is 0 Å². The molecule has 0 saturated heterocycles. The van der Waals surface area contributed by atoms with E-state index in [1.165, 1.54) is 25.3 Å². The van der Waals surface area contributed by atoms with Gasteiger partial charge in [0.05, 0.1) is 17.6 Å². The summed E-state index contributed by atoms with van der Waals surface area (Å²) < 4.78 is 5.10. The summed E-state index contributed by atoms with van der Waals surface area (Å²) in [5, 5.41) is 16.6. The van der Waals surface area contributed by atoms with Crippen molar-refractivity contribution in [1.29, 1.82) is 0 Å². The van der Waals surface area contributed by atoms with Crippen LogP contribution in [0.25, 0.3) is 0 Å². The molecule has 2 aromatic carbocycles. The third kappa shape index (κ3) is 4.20. The Labute approximate surface area is 138 Å². The zero-order valence-corrected chi connectivity index (χ0v) is 13.1. The van der Waals surface area contributed by atoms with Crippen molar-refractivity contribution in [2.75, 3.05) is 30.8 Å². The van der Waals surface area contributed by atoms with Crippen LogP contribution in [0, 0.1) is 10.1 Å². The Hall–Kier alpha value is -3.13. The van der Waals surface area contributed by atoms with E-state index in [4.69, 9.17) is 10.5 Å². The number of benzene rings is 2. The summed E-state index contributed by atoms with van der Waals surface area (Å²) in [5.41, 5.74) is 6.46. The van der Waals surface area contributed by atoms with E-state index < -0.39 is 10.8 Å². The highest BCUT2D eigenvalue weighted by atomic mass is 16.6. The summed E-state index contributed by atoms with van der Waals surface area (Å²) >= 11 is 0. The van der Waals surface area contributed by atoms with E-state index >= 15 is 0 Å². The normalized spacial score (nSPS) is 10.1. The maximum absolute atomic E-state index is 12.5. The molecule has 1 amide bonds. The number of amides is 1. The maximum Gasteiger partial charge on any atom is 0.270 e. The molecule has 8 heteroatoms. The number of nitro groups is 1. The molecular weight excluding hydrogens is 312 g/mol. The van der Waals surface area contributed by atoms with E-state index in [0.717, 1.165) is 0 Å². The van der Waals surface area contributed by atoms with Crippen molar-refractivity contribution in [3.05, 3.63) is 58.1 Å². The Bertz CT molecular complexity index is 749. The van der Waals surface area contributed by atoms with Gasteiger partial charge in [-0.2, -0.15) is 0 Å². The lowest BCUT2D eigenvalue weighted by atomic mass is 10.1. The van der Waals surface area contributed by atoms with Crippen molar-refractivity contribution in [2.24, 2.45) is 5.73 Å². The number of anilines is 2. The lowest BCUT2D eigenvalue weighted by molar-refractivity contribution is -0.384. The van der Waals surface area contributed by atoms with Gasteiger partial charge >= 0.3 is 0 Å². The van der Waals surface area contributed by atoms with Crippen LogP contribution >= 0.6 is 0 Å². The minimum absolute atomic E-state index is 0.163. The fourth-order valence-corrected chi connectivity index (χ4v) is 2.09. The van der Waals surface area contributed by atoms with Gasteiger partial charge in [0.15, 0.2) is 0 Å². The zero-order chi connectivity index (χ0) is 17.5. The van der Waals surface area contributed by atoms with Crippen LogP contribution in [-0.2, 0) is 0 Å². The molecule has 0 bridgehead atoms. The summed E-state index contributed by atoms with van der Waals surface area (Å²) in [6.07, 6.45) is 0. The lowest BCUT2D eigenvalue weighted by Crippen LogP contribution is -2.18. The Morgan fingerprint density at radius 1 is 1.29 bits per heavy atom. The summed E-state index contributed by atoms with van der Waals surface area (Å²) in [6, 6.07) is 10.9. The van der Waals surface area contributed by atoms with Crippen LogP contribution in [-0.4, -0.2) is 31.0 Å². The number of carbonyl (C=O) groups excluding carboxylic acids is 1. The van der Waals surface area contributed by atoms with Gasteiger partial charge in [-0.3, -0.25) is 14.9 Å². The van der Waals surface area contributed by atoms with E-state index in [9.17, 15) is 14.9 Å². The molecule has 2 rings (SSSR count). The van der Waals surface area contributed by atoms with Gasteiger partial charge in [-0.05, 0) is 18.2 Å². The number of carbonyl (C=O) groups is 1. The van der Waals surface area contributed by atoms with Crippen LogP contribution in [0.15, 0.2) is 42.5 Å². The number of methoxy groups -OCH3 is 1. The van der Waals surface area contributed by atoms with Crippen molar-refractivity contribution >= 4 is 23.0 Å². The number of nitrogens with zero attached hydrogens (tertiary/aromatic N) is 1. The molecule has 4 N–H and O–H groups in total. The van der Waals surface area contributed by atoms with Crippen molar-refractivity contribution in [3.8, 4) is 5.75 Å². The van der Waals surface area contributed by atoms with Crippen LogP contribution in [0.5, 0.6) is 5.75 Å². The molecule has 0 heterocycles. The van der Waals surface area contributed by atoms with Gasteiger partial charge in [0, 0.05) is 42.7 Å². The average molecular weight is 330 g/mol. The second-order valence-electron chi connectivity index (χ2n) is 4.89. The first-order chi connectivity index (χ1) is 11.5. The van der Waals surface area contributed by atoms with Gasteiger partial charge in [0.25, 0.3) is 11.6 Å². The fraction of sp³-hybridized carbons (Fsp3) is 0.188. The molecule has 0 unspecified atom stereocenters. The van der Waals surface area contributed by atoms with E-state index in [0.29, 0.717) is 30.2 Å². The van der Waals surface area contributed by atoms with E-state index in [2.05, 4.69) is 10.6 Å². The predicted octanol–water partition coefficient (Wildman–Crippen LogP) is 2.23. The summed E-state index contributed by atoms with van der Waals surface area (Å²) in [4.78, 5) is 22.9. The van der Waals surface area contributed by atoms with E-state index in [1.54, 1.807) is 24.3 Å². The van der Waals surface area contributed by atoms with Crippen molar-refractivity contribution in [2.45, 2.75) is 0 Å². The van der Waals surface area contributed by atoms with Crippen LogP contribution in [0.4, 0.5) is 17.1 Å². The summed E-state index contributed by atoms with van der Waals surface area (Å²) in [5.74, 6) is 0.125. The zero-order valence-electron chi connectivity index (χ0n) is 13.1. The van der Waals surface area contributed by atoms with Crippen LogP contribution in [0.3, 0.4) is 0 Å². The van der Waals surface area contributed by atoms with Crippen molar-refractivity contribution in [3.63, 3.8) is 0 Å². The van der Waals surface area contributed by atoms with Gasteiger partial charge in [-0.15, -0.1) is 0 Å². The SMILES string of the molecule is COc1cccc(NC(=O)c2cc([N+](=O)[O-])ccc2NCCN)c1. The quantitative estimate of drug-likeness (QED) is 0.529. The molecule has 2 aromatic rings. The van der Waals surface area contributed by atoms with Gasteiger partial charge < -0.3 is 21.1 Å². The average Bonchev–Trinajstić information content (AvgIpc) is 2.59. The molecule has 8 nitrogen and oxygen atoms in total. The number of rotatable bonds is 7. The lowest BCUT2D eigenvalue weighted by Gasteiger charge is -2.12. The topological polar surface area (TPSA) is 120 Å². The highest BCUT2D eigenvalue weighted by molar-refractivity contribution is 6.08. The molecule has 0 radical (unpaired) electrons. The molecule has 0 aromatic heterocycles. The second kappa shape index (κ2) is 7.93. The summed E-state index contributed by atoms with van der Waals surface area (Å²) in [6.45, 7) is 0.811. The van der Waals surface area contributed by atoms with E-state index in [1.807, 2.05) is 0 Å². The van der Waals surface area contributed by atoms with Gasteiger partial charge in [-0.25, -0.2) is 0 Å². The number of ether oxygens (including phenoxy) is 1. The summed E-state index contributed by atoms with van der Waals surface area (Å²) in [7, 11) is 1.52. The van der Waals surface area contributed by atoms with Gasteiger partial charge in [0.1, 0.15) is 5.75 Å². The van der Waals surface area contributed by atoms with E-state index in [-0.39, 0.29) is 11.3 Å². The monoisotopic (exact) mass is 330 g/mol. The smallest absolute Gasteiger partial charge is 0.270 e. The number of hydrogen-bond donors (Lipinski definition) is 3. The Morgan fingerprint density at radius 2 is 2.08 bits per heavy atom.